The molecule has 2 aromatic carbocycles. The van der Waals surface area contributed by atoms with Crippen LogP contribution in [-0.4, -0.2) is 119 Å². The fourth-order valence-corrected chi connectivity index (χ4v) is 10.9. The average Bonchev–Trinajstić information content (AvgIpc) is 3.71. The number of carbonyl (C=O) groups is 3. The number of morpholine rings is 1. The topological polar surface area (TPSA) is 103 Å². The number of fused-ring (bicyclic) bond motifs is 1. The molecule has 4 fully saturated rings. The molecule has 4 heterocycles. The van der Waals surface area contributed by atoms with Crippen molar-refractivity contribution >= 4 is 35.2 Å². The van der Waals surface area contributed by atoms with Crippen LogP contribution < -0.4 is 9.64 Å². The first-order chi connectivity index (χ1) is 24.2. The van der Waals surface area contributed by atoms with E-state index in [0.29, 0.717) is 63.7 Å². The first-order valence-corrected chi connectivity index (χ1v) is 18.6. The Morgan fingerprint density at radius 1 is 1.06 bits per heavy atom. The van der Waals surface area contributed by atoms with Crippen LogP contribution in [0.1, 0.15) is 38.3 Å². The number of carbonyl (C=O) groups excluding carboxylic acids is 3. The number of hydrogen-bond acceptors (Lipinski definition) is 8. The SMILES string of the molecule is C=CCN(CCN1CCOCC1)C(=O)C1N([C@H](CO)c2ccccc2)C(=O)[C@@H]2[C@H](C(=O)N(CC=C)c3ccc(OCC)cc3)[C@]3(C)CCC12S3. The van der Waals surface area contributed by atoms with Crippen LogP contribution in [-0.2, 0) is 19.1 Å². The second-order valence-corrected chi connectivity index (χ2v) is 15.7. The quantitative estimate of drug-likeness (QED) is 0.276. The summed E-state index contributed by atoms with van der Waals surface area (Å²) in [6.45, 7) is 16.7. The van der Waals surface area contributed by atoms with Crippen LogP contribution in [0.3, 0.4) is 0 Å². The van der Waals surface area contributed by atoms with Gasteiger partial charge in [-0.1, -0.05) is 42.5 Å². The minimum absolute atomic E-state index is 0.160. The van der Waals surface area contributed by atoms with Crippen molar-refractivity contribution in [3.63, 3.8) is 0 Å². The zero-order chi connectivity index (χ0) is 35.5. The van der Waals surface area contributed by atoms with Crippen LogP contribution in [0.25, 0.3) is 0 Å². The zero-order valence-corrected chi connectivity index (χ0v) is 30.1. The predicted octanol–water partition coefficient (Wildman–Crippen LogP) is 4.17. The molecule has 6 atom stereocenters. The molecule has 3 amide bonds. The number of thioether (sulfide) groups is 1. The molecule has 10 nitrogen and oxygen atoms in total. The Bertz CT molecular complexity index is 1550. The number of anilines is 1. The van der Waals surface area contributed by atoms with Crippen molar-refractivity contribution in [1.82, 2.24) is 14.7 Å². The Morgan fingerprint density at radius 2 is 1.76 bits per heavy atom. The van der Waals surface area contributed by atoms with Crippen LogP contribution in [0.5, 0.6) is 5.75 Å². The number of ether oxygens (including phenoxy) is 2. The Labute approximate surface area is 300 Å². The summed E-state index contributed by atoms with van der Waals surface area (Å²) >= 11 is 1.64. The number of benzene rings is 2. The standard InChI is InChI=1S/C39H50N4O6S/c1-5-19-41(22-21-40-23-25-48-26-24-40)37(47)34-39-18-17-38(4,50-39)32(33(39)36(46)43(34)31(27-44)28-11-9-8-10-12-28)35(45)42(20-6-2)29-13-15-30(16-14-29)49-7-3/h5-6,8-16,31-34,44H,1-2,7,17-27H2,3-4H3/t31-,32-,33+,34?,38+,39?/m1/s1. The van der Waals surface area contributed by atoms with E-state index in [1.54, 1.807) is 38.6 Å². The van der Waals surface area contributed by atoms with Crippen molar-refractivity contribution in [1.29, 1.82) is 0 Å². The molecule has 11 heteroatoms. The highest BCUT2D eigenvalue weighted by atomic mass is 32.2. The van der Waals surface area contributed by atoms with Crippen molar-refractivity contribution in [3.8, 4) is 5.75 Å². The molecule has 268 valence electrons. The molecule has 50 heavy (non-hydrogen) atoms. The number of rotatable bonds is 15. The van der Waals surface area contributed by atoms with Crippen LogP contribution >= 0.6 is 11.8 Å². The van der Waals surface area contributed by atoms with Crippen molar-refractivity contribution in [2.75, 3.05) is 70.6 Å². The van der Waals surface area contributed by atoms with E-state index >= 15 is 9.59 Å². The van der Waals surface area contributed by atoms with E-state index in [1.165, 1.54) is 0 Å². The molecule has 2 unspecified atom stereocenters. The maximum atomic E-state index is 15.1. The number of aliphatic hydroxyl groups excluding tert-OH is 1. The van der Waals surface area contributed by atoms with E-state index in [2.05, 4.69) is 25.0 Å². The van der Waals surface area contributed by atoms with Crippen molar-refractivity contribution in [2.45, 2.75) is 48.3 Å². The number of nitrogens with zero attached hydrogens (tertiary/aromatic N) is 4. The normalized spacial score (nSPS) is 27.9. The van der Waals surface area contributed by atoms with Gasteiger partial charge in [-0.25, -0.2) is 0 Å². The summed E-state index contributed by atoms with van der Waals surface area (Å²) in [5.74, 6) is -1.30. The smallest absolute Gasteiger partial charge is 0.247 e. The molecule has 2 bridgehead atoms. The number of likely N-dealkylation sites (tertiary alicyclic amines) is 1. The Morgan fingerprint density at radius 3 is 2.40 bits per heavy atom. The molecule has 0 saturated carbocycles. The maximum Gasteiger partial charge on any atom is 0.247 e. The van der Waals surface area contributed by atoms with Gasteiger partial charge in [-0.15, -0.1) is 24.9 Å². The monoisotopic (exact) mass is 702 g/mol. The molecule has 4 aliphatic heterocycles. The molecule has 4 aliphatic rings. The van der Waals surface area contributed by atoms with Gasteiger partial charge >= 0.3 is 0 Å². The van der Waals surface area contributed by atoms with E-state index in [-0.39, 0.29) is 30.9 Å². The average molecular weight is 703 g/mol. The van der Waals surface area contributed by atoms with Gasteiger partial charge in [0.25, 0.3) is 0 Å². The molecule has 2 aromatic rings. The van der Waals surface area contributed by atoms with Gasteiger partial charge in [-0.2, -0.15) is 0 Å². The zero-order valence-electron chi connectivity index (χ0n) is 29.2. The summed E-state index contributed by atoms with van der Waals surface area (Å²) < 4.78 is 9.77. The highest BCUT2D eigenvalue weighted by Crippen LogP contribution is 2.72. The van der Waals surface area contributed by atoms with E-state index in [1.807, 2.05) is 61.5 Å². The van der Waals surface area contributed by atoms with E-state index in [0.717, 1.165) is 18.7 Å². The van der Waals surface area contributed by atoms with E-state index in [4.69, 9.17) is 9.47 Å². The fraction of sp³-hybridized carbons (Fsp3) is 0.513. The molecule has 6 rings (SSSR count). The molecule has 1 N–H and O–H groups in total. The van der Waals surface area contributed by atoms with Crippen molar-refractivity contribution in [3.05, 3.63) is 85.5 Å². The van der Waals surface area contributed by atoms with Gasteiger partial charge in [0.2, 0.25) is 17.7 Å². The van der Waals surface area contributed by atoms with Crippen LogP contribution in [0.4, 0.5) is 5.69 Å². The third kappa shape index (κ3) is 6.49. The van der Waals surface area contributed by atoms with E-state index < -0.39 is 33.4 Å². The largest absolute Gasteiger partial charge is 0.494 e. The molecule has 0 aliphatic carbocycles. The summed E-state index contributed by atoms with van der Waals surface area (Å²) in [7, 11) is 0. The summed E-state index contributed by atoms with van der Waals surface area (Å²) in [6, 6.07) is 15.2. The molecule has 0 aromatic heterocycles. The lowest BCUT2D eigenvalue weighted by atomic mass is 9.66. The van der Waals surface area contributed by atoms with Gasteiger partial charge in [-0.05, 0) is 56.5 Å². The molecule has 0 radical (unpaired) electrons. The summed E-state index contributed by atoms with van der Waals surface area (Å²) in [4.78, 5) is 52.6. The first-order valence-electron chi connectivity index (χ1n) is 17.8. The second kappa shape index (κ2) is 15.3. The minimum Gasteiger partial charge on any atom is -0.494 e. The molecular formula is C39H50N4O6S. The molecule has 1 spiro atoms. The predicted molar refractivity (Wildman–Crippen MR) is 196 cm³/mol. The Balaban J connectivity index is 1.40. The number of hydrogen-bond donors (Lipinski definition) is 1. The highest BCUT2D eigenvalue weighted by Gasteiger charge is 2.78. The Kier molecular flexibility index (Phi) is 11.1. The van der Waals surface area contributed by atoms with Gasteiger partial charge in [0.15, 0.2) is 0 Å². The summed E-state index contributed by atoms with van der Waals surface area (Å²) in [5, 5.41) is 10.9. The number of aliphatic hydroxyl groups is 1. The Hall–Kier alpha value is -3.64. The third-order valence-corrected chi connectivity index (χ3v) is 12.9. The summed E-state index contributed by atoms with van der Waals surface area (Å²) in [5.41, 5.74) is 1.44. The van der Waals surface area contributed by atoms with Gasteiger partial charge in [-0.3, -0.25) is 19.3 Å². The van der Waals surface area contributed by atoms with Crippen LogP contribution in [0.15, 0.2) is 79.9 Å². The third-order valence-electron chi connectivity index (χ3n) is 10.9. The molecular weight excluding hydrogens is 653 g/mol. The second-order valence-electron chi connectivity index (χ2n) is 13.8. The van der Waals surface area contributed by atoms with Crippen molar-refractivity contribution in [2.24, 2.45) is 11.8 Å². The minimum atomic E-state index is -0.870. The maximum absolute atomic E-state index is 15.1. The lowest BCUT2D eigenvalue weighted by Gasteiger charge is -2.40. The van der Waals surface area contributed by atoms with Gasteiger partial charge in [0.1, 0.15) is 11.8 Å². The summed E-state index contributed by atoms with van der Waals surface area (Å²) in [6.07, 6.45) is 4.72. The van der Waals surface area contributed by atoms with E-state index in [9.17, 15) is 9.90 Å². The van der Waals surface area contributed by atoms with Gasteiger partial charge in [0.05, 0.1) is 49.1 Å². The van der Waals surface area contributed by atoms with Crippen molar-refractivity contribution < 1.29 is 29.0 Å². The fourth-order valence-electron chi connectivity index (χ4n) is 8.60. The molecule has 4 saturated heterocycles. The van der Waals surface area contributed by atoms with Gasteiger partial charge in [0, 0.05) is 49.7 Å². The van der Waals surface area contributed by atoms with Gasteiger partial charge < -0.3 is 29.3 Å². The lowest BCUT2D eigenvalue weighted by Crippen LogP contribution is -2.56. The van der Waals surface area contributed by atoms with Crippen LogP contribution in [0, 0.1) is 11.8 Å². The lowest BCUT2D eigenvalue weighted by molar-refractivity contribution is -0.146. The number of amides is 3. The van der Waals surface area contributed by atoms with Crippen LogP contribution in [0.2, 0.25) is 0 Å². The first kappa shape index (κ1) is 36.2. The highest BCUT2D eigenvalue weighted by molar-refractivity contribution is 8.02.